The number of halogens is 1. The molecule has 1 saturated heterocycles. The Hall–Kier alpha value is -1.01. The molecule has 1 heterocycles. The van der Waals surface area contributed by atoms with Gasteiger partial charge in [0, 0.05) is 24.7 Å². The van der Waals surface area contributed by atoms with Crippen molar-refractivity contribution in [2.45, 2.75) is 39.0 Å². The SMILES string of the molecule is Cc1ccc(F)c(C(NN)C2CN(C(C)C)CCO2)c1. The Morgan fingerprint density at radius 3 is 2.85 bits per heavy atom. The van der Waals surface area contributed by atoms with Gasteiger partial charge in [-0.2, -0.15) is 0 Å². The zero-order chi connectivity index (χ0) is 14.7. The number of hydrazine groups is 1. The van der Waals surface area contributed by atoms with Crippen LogP contribution in [0.25, 0.3) is 0 Å². The van der Waals surface area contributed by atoms with Crippen LogP contribution in [-0.4, -0.2) is 36.7 Å². The number of rotatable bonds is 4. The largest absolute Gasteiger partial charge is 0.374 e. The molecule has 112 valence electrons. The normalized spacial score (nSPS) is 22.2. The van der Waals surface area contributed by atoms with Crippen LogP contribution in [0.1, 0.15) is 31.0 Å². The van der Waals surface area contributed by atoms with Gasteiger partial charge in [0.1, 0.15) is 5.82 Å². The van der Waals surface area contributed by atoms with Gasteiger partial charge in [-0.15, -0.1) is 0 Å². The average molecular weight is 281 g/mol. The molecule has 5 heteroatoms. The highest BCUT2D eigenvalue weighted by Crippen LogP contribution is 2.25. The van der Waals surface area contributed by atoms with Crippen molar-refractivity contribution in [3.8, 4) is 0 Å². The highest BCUT2D eigenvalue weighted by atomic mass is 19.1. The molecule has 1 aromatic carbocycles. The predicted octanol–water partition coefficient (Wildman–Crippen LogP) is 1.75. The van der Waals surface area contributed by atoms with E-state index in [9.17, 15) is 4.39 Å². The first-order valence-electron chi connectivity index (χ1n) is 7.10. The summed E-state index contributed by atoms with van der Waals surface area (Å²) in [5.74, 6) is 5.41. The summed E-state index contributed by atoms with van der Waals surface area (Å²) in [6.45, 7) is 8.55. The van der Waals surface area contributed by atoms with Crippen molar-refractivity contribution in [3.63, 3.8) is 0 Å². The second-order valence-electron chi connectivity index (χ2n) is 5.67. The lowest BCUT2D eigenvalue weighted by molar-refractivity contribution is -0.0566. The summed E-state index contributed by atoms with van der Waals surface area (Å²) >= 11 is 0. The maximum absolute atomic E-state index is 14.1. The lowest BCUT2D eigenvalue weighted by Crippen LogP contribution is -2.51. The van der Waals surface area contributed by atoms with E-state index in [-0.39, 0.29) is 18.0 Å². The third-order valence-corrected chi connectivity index (χ3v) is 3.89. The molecule has 0 bridgehead atoms. The molecule has 2 unspecified atom stereocenters. The maximum Gasteiger partial charge on any atom is 0.128 e. The Kier molecular flexibility index (Phi) is 5.10. The highest BCUT2D eigenvalue weighted by Gasteiger charge is 2.31. The van der Waals surface area contributed by atoms with Gasteiger partial charge in [-0.25, -0.2) is 4.39 Å². The summed E-state index contributed by atoms with van der Waals surface area (Å²) in [5.41, 5.74) is 4.31. The van der Waals surface area contributed by atoms with Gasteiger partial charge in [0.25, 0.3) is 0 Å². The summed E-state index contributed by atoms with van der Waals surface area (Å²) in [5, 5.41) is 0. The fourth-order valence-electron chi connectivity index (χ4n) is 2.67. The van der Waals surface area contributed by atoms with Crippen LogP contribution in [0.2, 0.25) is 0 Å². The van der Waals surface area contributed by atoms with Crippen molar-refractivity contribution >= 4 is 0 Å². The zero-order valence-corrected chi connectivity index (χ0v) is 12.4. The molecule has 1 aliphatic heterocycles. The maximum atomic E-state index is 14.1. The van der Waals surface area contributed by atoms with Crippen molar-refractivity contribution in [2.24, 2.45) is 5.84 Å². The third-order valence-electron chi connectivity index (χ3n) is 3.89. The molecule has 4 nitrogen and oxygen atoms in total. The molecule has 0 radical (unpaired) electrons. The number of benzene rings is 1. The standard InChI is InChI=1S/C15H24FN3O/c1-10(2)19-6-7-20-14(9-19)15(18-17)12-8-11(3)4-5-13(12)16/h4-5,8,10,14-15,18H,6-7,9,17H2,1-3H3. The van der Waals surface area contributed by atoms with E-state index in [4.69, 9.17) is 10.6 Å². The van der Waals surface area contributed by atoms with Crippen LogP contribution in [0.5, 0.6) is 0 Å². The minimum absolute atomic E-state index is 0.146. The number of morpholine rings is 1. The van der Waals surface area contributed by atoms with Crippen LogP contribution in [0.3, 0.4) is 0 Å². The number of ether oxygens (including phenoxy) is 1. The van der Waals surface area contributed by atoms with Gasteiger partial charge in [0.05, 0.1) is 18.8 Å². The fourth-order valence-corrected chi connectivity index (χ4v) is 2.67. The Morgan fingerprint density at radius 1 is 1.45 bits per heavy atom. The van der Waals surface area contributed by atoms with E-state index in [1.807, 2.05) is 13.0 Å². The highest BCUT2D eigenvalue weighted by molar-refractivity contribution is 5.27. The van der Waals surface area contributed by atoms with E-state index in [1.54, 1.807) is 6.07 Å². The third kappa shape index (κ3) is 3.35. The molecule has 2 rings (SSSR count). The lowest BCUT2D eigenvalue weighted by atomic mass is 9.98. The van der Waals surface area contributed by atoms with E-state index in [0.717, 1.165) is 18.7 Å². The van der Waals surface area contributed by atoms with Gasteiger partial charge in [0.2, 0.25) is 0 Å². The van der Waals surface area contributed by atoms with E-state index < -0.39 is 0 Å². The molecule has 0 aliphatic carbocycles. The Balaban J connectivity index is 2.21. The Bertz CT molecular complexity index is 453. The van der Waals surface area contributed by atoms with Gasteiger partial charge >= 0.3 is 0 Å². The quantitative estimate of drug-likeness (QED) is 0.652. The number of nitrogens with one attached hydrogen (secondary N) is 1. The fraction of sp³-hybridized carbons (Fsp3) is 0.600. The number of hydrogen-bond acceptors (Lipinski definition) is 4. The Morgan fingerprint density at radius 2 is 2.20 bits per heavy atom. The van der Waals surface area contributed by atoms with E-state index in [2.05, 4.69) is 24.2 Å². The molecule has 20 heavy (non-hydrogen) atoms. The van der Waals surface area contributed by atoms with Crippen LogP contribution in [-0.2, 0) is 4.74 Å². The molecule has 1 aliphatic rings. The predicted molar refractivity (Wildman–Crippen MR) is 77.7 cm³/mol. The summed E-state index contributed by atoms with van der Waals surface area (Å²) in [6, 6.07) is 5.18. The van der Waals surface area contributed by atoms with Gasteiger partial charge in [-0.1, -0.05) is 17.7 Å². The topological polar surface area (TPSA) is 50.5 Å². The number of aryl methyl sites for hydroxylation is 1. The lowest BCUT2D eigenvalue weighted by Gasteiger charge is -2.39. The molecule has 0 amide bonds. The Labute approximate surface area is 120 Å². The van der Waals surface area contributed by atoms with Gasteiger partial charge in [0.15, 0.2) is 0 Å². The van der Waals surface area contributed by atoms with Gasteiger partial charge in [-0.05, 0) is 26.8 Å². The molecule has 0 saturated carbocycles. The number of nitrogens with two attached hydrogens (primary N) is 1. The minimum Gasteiger partial charge on any atom is -0.374 e. The summed E-state index contributed by atoms with van der Waals surface area (Å²) in [4.78, 5) is 2.33. The van der Waals surface area contributed by atoms with Crippen LogP contribution in [0, 0.1) is 12.7 Å². The molecule has 0 spiro atoms. The first kappa shape index (κ1) is 15.4. The van der Waals surface area contributed by atoms with Gasteiger partial charge in [-0.3, -0.25) is 16.2 Å². The zero-order valence-electron chi connectivity index (χ0n) is 12.4. The molecule has 1 fully saturated rings. The van der Waals surface area contributed by atoms with Crippen LogP contribution < -0.4 is 11.3 Å². The summed E-state index contributed by atoms with van der Waals surface area (Å²) < 4.78 is 19.9. The van der Waals surface area contributed by atoms with Crippen LogP contribution in [0.4, 0.5) is 4.39 Å². The average Bonchev–Trinajstić information content (AvgIpc) is 2.44. The van der Waals surface area contributed by atoms with E-state index in [1.165, 1.54) is 6.07 Å². The van der Waals surface area contributed by atoms with Crippen molar-refractivity contribution in [2.75, 3.05) is 19.7 Å². The van der Waals surface area contributed by atoms with Crippen molar-refractivity contribution < 1.29 is 9.13 Å². The van der Waals surface area contributed by atoms with Gasteiger partial charge < -0.3 is 4.74 Å². The molecule has 1 aromatic rings. The molecule has 0 aromatic heterocycles. The van der Waals surface area contributed by atoms with E-state index >= 15 is 0 Å². The first-order chi connectivity index (χ1) is 9.52. The minimum atomic E-state index is -0.337. The second kappa shape index (κ2) is 6.63. The molecule has 3 N–H and O–H groups in total. The van der Waals surface area contributed by atoms with Crippen LogP contribution in [0.15, 0.2) is 18.2 Å². The number of hydrogen-bond donors (Lipinski definition) is 2. The monoisotopic (exact) mass is 281 g/mol. The van der Waals surface area contributed by atoms with Crippen molar-refractivity contribution in [3.05, 3.63) is 35.1 Å². The molecular formula is C15H24FN3O. The van der Waals surface area contributed by atoms with E-state index in [0.29, 0.717) is 18.2 Å². The second-order valence-corrected chi connectivity index (χ2v) is 5.67. The first-order valence-corrected chi connectivity index (χ1v) is 7.10. The van der Waals surface area contributed by atoms with Crippen molar-refractivity contribution in [1.29, 1.82) is 0 Å². The summed E-state index contributed by atoms with van der Waals surface area (Å²) in [7, 11) is 0. The van der Waals surface area contributed by atoms with Crippen molar-refractivity contribution in [1.82, 2.24) is 10.3 Å². The summed E-state index contributed by atoms with van der Waals surface area (Å²) in [6.07, 6.45) is -0.146. The van der Waals surface area contributed by atoms with Crippen LogP contribution >= 0.6 is 0 Å². The molecule has 2 atom stereocenters. The smallest absolute Gasteiger partial charge is 0.128 e. The number of nitrogens with zero attached hydrogens (tertiary/aromatic N) is 1. The molecular weight excluding hydrogens is 257 g/mol.